The van der Waals surface area contributed by atoms with Crippen LogP contribution in [0.15, 0.2) is 45.5 Å². The smallest absolute Gasteiger partial charge is 0.133 e. The molecule has 0 aliphatic heterocycles. The van der Waals surface area contributed by atoms with Crippen molar-refractivity contribution in [1.82, 2.24) is 5.32 Å². The first-order chi connectivity index (χ1) is 9.65. The molecule has 0 spiro atoms. The third-order valence-electron chi connectivity index (χ3n) is 2.93. The van der Waals surface area contributed by atoms with E-state index in [0.29, 0.717) is 19.3 Å². The first-order valence-electron chi connectivity index (χ1n) is 6.76. The number of rotatable bonds is 7. The molecule has 1 aromatic carbocycles. The normalized spacial score (nSPS) is 11.2. The van der Waals surface area contributed by atoms with Crippen LogP contribution in [0.25, 0.3) is 0 Å². The van der Waals surface area contributed by atoms with Gasteiger partial charge >= 0.3 is 0 Å². The van der Waals surface area contributed by atoms with Gasteiger partial charge in [0, 0.05) is 22.6 Å². The highest BCUT2D eigenvalue weighted by Crippen LogP contribution is 2.15. The lowest BCUT2D eigenvalue weighted by atomic mass is 10.2. The zero-order valence-corrected chi connectivity index (χ0v) is 13.4. The second-order valence-corrected chi connectivity index (χ2v) is 5.94. The van der Waals surface area contributed by atoms with Crippen LogP contribution < -0.4 is 5.32 Å². The second kappa shape index (κ2) is 7.62. The molecule has 1 N–H and O–H groups in total. The highest BCUT2D eigenvalue weighted by Gasteiger charge is 2.07. The number of benzene rings is 1. The van der Waals surface area contributed by atoms with E-state index in [2.05, 4.69) is 41.2 Å². The van der Waals surface area contributed by atoms with Gasteiger partial charge in [-0.25, -0.2) is 0 Å². The highest BCUT2D eigenvalue weighted by molar-refractivity contribution is 9.10. The summed E-state index contributed by atoms with van der Waals surface area (Å²) in [6, 6.07) is 10.6. The Balaban J connectivity index is 1.83. The van der Waals surface area contributed by atoms with E-state index >= 15 is 0 Å². The van der Waals surface area contributed by atoms with Crippen LogP contribution in [-0.2, 0) is 24.5 Å². The summed E-state index contributed by atoms with van der Waals surface area (Å²) in [5.41, 5.74) is 2.31. The van der Waals surface area contributed by atoms with Crippen LogP contribution in [0.4, 0.5) is 0 Å². The summed E-state index contributed by atoms with van der Waals surface area (Å²) in [5.74, 6) is 0.896. The highest BCUT2D eigenvalue weighted by atomic mass is 79.9. The van der Waals surface area contributed by atoms with Crippen molar-refractivity contribution in [2.45, 2.75) is 39.6 Å². The molecule has 0 aliphatic rings. The summed E-state index contributed by atoms with van der Waals surface area (Å²) in [5, 5.41) is 3.38. The van der Waals surface area contributed by atoms with Crippen molar-refractivity contribution in [3.05, 3.63) is 58.0 Å². The van der Waals surface area contributed by atoms with Crippen molar-refractivity contribution >= 4 is 15.9 Å². The maximum absolute atomic E-state index is 5.72. The van der Waals surface area contributed by atoms with E-state index in [9.17, 15) is 0 Å². The largest absolute Gasteiger partial charge is 0.467 e. The van der Waals surface area contributed by atoms with Crippen molar-refractivity contribution in [3.63, 3.8) is 0 Å². The predicted molar refractivity (Wildman–Crippen MR) is 83.3 cm³/mol. The van der Waals surface area contributed by atoms with Crippen molar-refractivity contribution in [1.29, 1.82) is 0 Å². The Bertz CT molecular complexity index is 537. The summed E-state index contributed by atoms with van der Waals surface area (Å²) < 4.78 is 12.3. The summed E-state index contributed by atoms with van der Waals surface area (Å²) in [7, 11) is 0. The fourth-order valence-electron chi connectivity index (χ4n) is 1.85. The van der Waals surface area contributed by atoms with Crippen molar-refractivity contribution in [3.8, 4) is 0 Å². The zero-order chi connectivity index (χ0) is 14.4. The molecule has 2 aromatic rings. The molecular weight excluding hydrogens is 318 g/mol. The quantitative estimate of drug-likeness (QED) is 0.819. The Morgan fingerprint density at radius 2 is 2.10 bits per heavy atom. The standard InChI is InChI=1S/C16H20BrNO2/c1-12(2)18-9-14-6-7-20-16(14)11-19-10-13-4-3-5-15(17)8-13/h3-8,12,18H,9-11H2,1-2H3. The predicted octanol–water partition coefficient (Wildman–Crippen LogP) is 4.26. The molecule has 0 saturated heterocycles. The molecule has 0 amide bonds. The number of hydrogen-bond donors (Lipinski definition) is 1. The Morgan fingerprint density at radius 1 is 1.25 bits per heavy atom. The number of nitrogens with one attached hydrogen (secondary N) is 1. The molecule has 0 fully saturated rings. The molecular formula is C16H20BrNO2. The number of halogens is 1. The summed E-state index contributed by atoms with van der Waals surface area (Å²) in [6.45, 7) is 6.14. The average Bonchev–Trinajstić information content (AvgIpc) is 2.84. The molecule has 4 heteroatoms. The van der Waals surface area contributed by atoms with Gasteiger partial charge in [-0.1, -0.05) is 41.9 Å². The van der Waals surface area contributed by atoms with Gasteiger partial charge in [0.25, 0.3) is 0 Å². The number of furan rings is 1. The van der Waals surface area contributed by atoms with Gasteiger partial charge in [0.15, 0.2) is 0 Å². The maximum Gasteiger partial charge on any atom is 0.133 e. The molecule has 108 valence electrons. The summed E-state index contributed by atoms with van der Waals surface area (Å²) >= 11 is 3.46. The van der Waals surface area contributed by atoms with Crippen LogP contribution in [-0.4, -0.2) is 6.04 Å². The van der Waals surface area contributed by atoms with Gasteiger partial charge in [-0.15, -0.1) is 0 Å². The van der Waals surface area contributed by atoms with Crippen molar-refractivity contribution in [2.75, 3.05) is 0 Å². The molecule has 0 saturated carbocycles. The number of hydrogen-bond acceptors (Lipinski definition) is 3. The van der Waals surface area contributed by atoms with Gasteiger partial charge in [0.05, 0.1) is 12.9 Å². The van der Waals surface area contributed by atoms with Crippen LogP contribution in [0.2, 0.25) is 0 Å². The van der Waals surface area contributed by atoms with Gasteiger partial charge in [-0.2, -0.15) is 0 Å². The van der Waals surface area contributed by atoms with Gasteiger partial charge in [-0.3, -0.25) is 0 Å². The Labute approximate surface area is 128 Å². The van der Waals surface area contributed by atoms with Crippen LogP contribution >= 0.6 is 15.9 Å². The molecule has 20 heavy (non-hydrogen) atoms. The molecule has 1 heterocycles. The van der Waals surface area contributed by atoms with E-state index in [1.807, 2.05) is 24.3 Å². The SMILES string of the molecule is CC(C)NCc1ccoc1COCc1cccc(Br)c1. The second-order valence-electron chi connectivity index (χ2n) is 5.03. The number of ether oxygens (including phenoxy) is 1. The Hall–Kier alpha value is -1.10. The third kappa shape index (κ3) is 4.78. The fourth-order valence-corrected chi connectivity index (χ4v) is 2.30. The van der Waals surface area contributed by atoms with Crippen molar-refractivity contribution < 1.29 is 9.15 Å². The minimum Gasteiger partial charge on any atom is -0.467 e. The molecule has 0 aliphatic carbocycles. The van der Waals surface area contributed by atoms with E-state index in [1.165, 1.54) is 0 Å². The van der Waals surface area contributed by atoms with Crippen LogP contribution in [0.3, 0.4) is 0 Å². The van der Waals surface area contributed by atoms with Crippen LogP contribution in [0.1, 0.15) is 30.7 Å². The van der Waals surface area contributed by atoms with E-state index in [4.69, 9.17) is 9.15 Å². The average molecular weight is 338 g/mol. The maximum atomic E-state index is 5.72. The first-order valence-corrected chi connectivity index (χ1v) is 7.55. The fraction of sp³-hybridized carbons (Fsp3) is 0.375. The van der Waals surface area contributed by atoms with Crippen molar-refractivity contribution in [2.24, 2.45) is 0 Å². The van der Waals surface area contributed by atoms with Crippen LogP contribution in [0.5, 0.6) is 0 Å². The first kappa shape index (κ1) is 15.3. The molecule has 0 atom stereocenters. The molecule has 2 rings (SSSR count). The zero-order valence-electron chi connectivity index (χ0n) is 11.9. The summed E-state index contributed by atoms with van der Waals surface area (Å²) in [6.07, 6.45) is 1.72. The minimum absolute atomic E-state index is 0.459. The monoisotopic (exact) mass is 337 g/mol. The van der Waals surface area contributed by atoms with Gasteiger partial charge in [0.2, 0.25) is 0 Å². The molecule has 0 radical (unpaired) electrons. The van der Waals surface area contributed by atoms with Crippen LogP contribution in [0, 0.1) is 0 Å². The Morgan fingerprint density at radius 3 is 2.85 bits per heavy atom. The topological polar surface area (TPSA) is 34.4 Å². The van der Waals surface area contributed by atoms with Gasteiger partial charge < -0.3 is 14.5 Å². The minimum atomic E-state index is 0.459. The lowest BCUT2D eigenvalue weighted by Crippen LogP contribution is -2.22. The van der Waals surface area contributed by atoms with Gasteiger partial charge in [-0.05, 0) is 23.8 Å². The summed E-state index contributed by atoms with van der Waals surface area (Å²) in [4.78, 5) is 0. The molecule has 1 aromatic heterocycles. The molecule has 0 unspecified atom stereocenters. The third-order valence-corrected chi connectivity index (χ3v) is 3.42. The lowest BCUT2D eigenvalue weighted by molar-refractivity contribution is 0.0920. The Kier molecular flexibility index (Phi) is 5.83. The molecule has 3 nitrogen and oxygen atoms in total. The van der Waals surface area contributed by atoms with E-state index in [0.717, 1.165) is 27.9 Å². The molecule has 0 bridgehead atoms. The van der Waals surface area contributed by atoms with E-state index < -0.39 is 0 Å². The van der Waals surface area contributed by atoms with E-state index in [1.54, 1.807) is 6.26 Å². The van der Waals surface area contributed by atoms with E-state index in [-0.39, 0.29) is 0 Å². The lowest BCUT2D eigenvalue weighted by Gasteiger charge is -2.08. The van der Waals surface area contributed by atoms with Gasteiger partial charge in [0.1, 0.15) is 12.4 Å².